The van der Waals surface area contributed by atoms with Gasteiger partial charge in [-0.15, -0.1) is 0 Å². The summed E-state index contributed by atoms with van der Waals surface area (Å²) in [5, 5.41) is 7.04. The van der Waals surface area contributed by atoms with Crippen molar-refractivity contribution in [2.24, 2.45) is 5.73 Å². The largest absolute Gasteiger partial charge is 0.349 e. The summed E-state index contributed by atoms with van der Waals surface area (Å²) in [4.78, 5) is 29.2. The number of H-pyrrole nitrogens is 1. The fourth-order valence-corrected chi connectivity index (χ4v) is 3.57. The Morgan fingerprint density at radius 3 is 2.71 bits per heavy atom. The molecule has 0 bridgehead atoms. The van der Waals surface area contributed by atoms with Gasteiger partial charge in [-0.2, -0.15) is 5.10 Å². The molecule has 1 saturated heterocycles. The first kappa shape index (κ1) is 18.4. The molecule has 1 amide bonds. The Balaban J connectivity index is 1.32. The molecule has 0 aliphatic carbocycles. The van der Waals surface area contributed by atoms with Gasteiger partial charge in [-0.25, -0.2) is 4.52 Å². The average Bonchev–Trinajstić information content (AvgIpc) is 3.15. The fraction of sp³-hybridized carbons (Fsp3) is 0.350. The van der Waals surface area contributed by atoms with Gasteiger partial charge in [0.1, 0.15) is 5.52 Å². The monoisotopic (exact) mass is 380 g/mol. The van der Waals surface area contributed by atoms with Gasteiger partial charge < -0.3 is 16.0 Å². The Labute approximate surface area is 162 Å². The number of aromatic nitrogens is 3. The van der Waals surface area contributed by atoms with Gasteiger partial charge in [-0.1, -0.05) is 30.3 Å². The van der Waals surface area contributed by atoms with Crippen molar-refractivity contribution in [2.45, 2.75) is 24.9 Å². The molecule has 1 fully saturated rings. The minimum Gasteiger partial charge on any atom is -0.349 e. The third-order valence-electron chi connectivity index (χ3n) is 5.33. The zero-order valence-electron chi connectivity index (χ0n) is 15.6. The number of nitrogens with zero attached hydrogens (tertiary/aromatic N) is 3. The lowest BCUT2D eigenvalue weighted by Gasteiger charge is -2.39. The number of hydrogen-bond donors (Lipinski definition) is 3. The van der Waals surface area contributed by atoms with Crippen LogP contribution in [0.1, 0.15) is 28.9 Å². The van der Waals surface area contributed by atoms with E-state index in [2.05, 4.69) is 44.6 Å². The number of hydrogen-bond acceptors (Lipinski definition) is 5. The first-order valence-electron chi connectivity index (χ1n) is 9.43. The first-order valence-corrected chi connectivity index (χ1v) is 9.43. The maximum absolute atomic E-state index is 12.5. The number of aromatic amines is 1. The fourth-order valence-electron chi connectivity index (χ4n) is 3.57. The number of carbonyl (C=O) groups excluding carboxylic acids is 1. The molecule has 0 unspecified atom stereocenters. The third kappa shape index (κ3) is 3.97. The first-order chi connectivity index (χ1) is 13.5. The molecule has 3 heterocycles. The van der Waals surface area contributed by atoms with Crippen molar-refractivity contribution in [2.75, 3.05) is 19.6 Å². The van der Waals surface area contributed by atoms with E-state index in [0.29, 0.717) is 12.1 Å². The van der Waals surface area contributed by atoms with Crippen LogP contribution in [0.2, 0.25) is 0 Å². The molecule has 0 atom stereocenters. The van der Waals surface area contributed by atoms with Gasteiger partial charge in [0.25, 0.3) is 11.5 Å². The smallest absolute Gasteiger partial charge is 0.273 e. The summed E-state index contributed by atoms with van der Waals surface area (Å²) >= 11 is 0. The van der Waals surface area contributed by atoms with Crippen LogP contribution in [0.3, 0.4) is 0 Å². The van der Waals surface area contributed by atoms with Crippen LogP contribution in [0.5, 0.6) is 0 Å². The highest BCUT2D eigenvalue weighted by Crippen LogP contribution is 2.20. The molecule has 4 rings (SSSR count). The van der Waals surface area contributed by atoms with Crippen molar-refractivity contribution < 1.29 is 4.79 Å². The summed E-state index contributed by atoms with van der Waals surface area (Å²) in [5.41, 5.74) is 7.65. The second kappa shape index (κ2) is 7.57. The molecule has 4 N–H and O–H groups in total. The third-order valence-corrected chi connectivity index (χ3v) is 5.33. The standard InChI is InChI=1S/C20H24N6O2/c21-20(6-9-25(10-7-20)13-15-4-2-1-3-5-15)14-23-18(27)16-12-17-19(28)22-8-11-26(17)24-16/h1-5,8,11-12H,6-7,9-10,13-14,21H2,(H,22,28)(H,23,27). The lowest BCUT2D eigenvalue weighted by Crippen LogP contribution is -2.56. The van der Waals surface area contributed by atoms with Crippen molar-refractivity contribution in [3.8, 4) is 0 Å². The van der Waals surface area contributed by atoms with E-state index < -0.39 is 5.54 Å². The van der Waals surface area contributed by atoms with Crippen LogP contribution in [0.4, 0.5) is 0 Å². The van der Waals surface area contributed by atoms with Crippen molar-refractivity contribution in [1.29, 1.82) is 0 Å². The molecule has 1 aliphatic rings. The molecule has 1 aromatic carbocycles. The second-order valence-corrected chi connectivity index (χ2v) is 7.46. The van der Waals surface area contributed by atoms with Gasteiger partial charge in [0.05, 0.1) is 0 Å². The molecule has 0 spiro atoms. The maximum atomic E-state index is 12.5. The van der Waals surface area contributed by atoms with E-state index in [1.165, 1.54) is 22.3 Å². The normalized spacial score (nSPS) is 16.9. The van der Waals surface area contributed by atoms with E-state index in [9.17, 15) is 9.59 Å². The van der Waals surface area contributed by atoms with Gasteiger partial charge in [0, 0.05) is 50.2 Å². The van der Waals surface area contributed by atoms with E-state index in [-0.39, 0.29) is 17.2 Å². The van der Waals surface area contributed by atoms with Crippen LogP contribution in [0, 0.1) is 0 Å². The Morgan fingerprint density at radius 1 is 1.25 bits per heavy atom. The van der Waals surface area contributed by atoms with Gasteiger partial charge >= 0.3 is 0 Å². The summed E-state index contributed by atoms with van der Waals surface area (Å²) in [6.07, 6.45) is 4.71. The minimum atomic E-state index is -0.431. The van der Waals surface area contributed by atoms with Crippen molar-refractivity contribution >= 4 is 11.4 Å². The zero-order chi connectivity index (χ0) is 19.6. The molecule has 3 aromatic rings. The summed E-state index contributed by atoms with van der Waals surface area (Å²) in [6, 6.07) is 11.9. The summed E-state index contributed by atoms with van der Waals surface area (Å²) in [5.74, 6) is -0.320. The van der Waals surface area contributed by atoms with E-state index >= 15 is 0 Å². The van der Waals surface area contributed by atoms with Gasteiger partial charge in [0.2, 0.25) is 0 Å². The van der Waals surface area contributed by atoms with Gasteiger partial charge in [-0.3, -0.25) is 14.5 Å². The Bertz CT molecular complexity index is 1020. The van der Waals surface area contributed by atoms with Crippen LogP contribution in [-0.2, 0) is 6.54 Å². The van der Waals surface area contributed by atoms with E-state index in [1.54, 1.807) is 6.20 Å². The maximum Gasteiger partial charge on any atom is 0.273 e. The van der Waals surface area contributed by atoms with Crippen LogP contribution in [0.15, 0.2) is 53.6 Å². The number of carbonyl (C=O) groups is 1. The number of rotatable bonds is 5. The highest BCUT2D eigenvalue weighted by molar-refractivity contribution is 5.93. The number of nitrogens with two attached hydrogens (primary N) is 1. The number of amides is 1. The quantitative estimate of drug-likeness (QED) is 0.605. The molecular formula is C20H24N6O2. The Morgan fingerprint density at radius 2 is 2.00 bits per heavy atom. The lowest BCUT2D eigenvalue weighted by atomic mass is 9.88. The van der Waals surface area contributed by atoms with Gasteiger partial charge in [-0.05, 0) is 18.4 Å². The molecule has 1 aliphatic heterocycles. The second-order valence-electron chi connectivity index (χ2n) is 7.46. The molecule has 8 nitrogen and oxygen atoms in total. The number of nitrogens with one attached hydrogen (secondary N) is 2. The number of fused-ring (bicyclic) bond motifs is 1. The van der Waals surface area contributed by atoms with Crippen molar-refractivity contribution in [3.05, 3.63) is 70.4 Å². The predicted octanol–water partition coefficient (Wildman–Crippen LogP) is 0.746. The summed E-state index contributed by atoms with van der Waals surface area (Å²) in [6.45, 7) is 3.09. The topological polar surface area (TPSA) is 109 Å². The minimum absolute atomic E-state index is 0.210. The molecule has 2 aromatic heterocycles. The molecule has 8 heteroatoms. The van der Waals surface area contributed by atoms with Crippen molar-refractivity contribution in [3.63, 3.8) is 0 Å². The molecule has 0 radical (unpaired) electrons. The Kier molecular flexibility index (Phi) is 4.97. The average molecular weight is 380 g/mol. The highest BCUT2D eigenvalue weighted by atomic mass is 16.2. The molecule has 146 valence electrons. The molecule has 0 saturated carbocycles. The summed E-state index contributed by atoms with van der Waals surface area (Å²) in [7, 11) is 0. The van der Waals surface area contributed by atoms with E-state index in [1.807, 2.05) is 6.07 Å². The number of benzene rings is 1. The Hall–Kier alpha value is -2.97. The highest BCUT2D eigenvalue weighted by Gasteiger charge is 2.31. The number of piperidine rings is 1. The van der Waals surface area contributed by atoms with Crippen LogP contribution < -0.4 is 16.6 Å². The number of likely N-dealkylation sites (tertiary alicyclic amines) is 1. The lowest BCUT2D eigenvalue weighted by molar-refractivity contribution is 0.0917. The predicted molar refractivity (Wildman–Crippen MR) is 106 cm³/mol. The van der Waals surface area contributed by atoms with Crippen LogP contribution in [-0.4, -0.2) is 50.6 Å². The van der Waals surface area contributed by atoms with Gasteiger partial charge in [0.15, 0.2) is 5.69 Å². The van der Waals surface area contributed by atoms with Crippen LogP contribution >= 0.6 is 0 Å². The zero-order valence-corrected chi connectivity index (χ0v) is 15.6. The van der Waals surface area contributed by atoms with E-state index in [4.69, 9.17) is 5.73 Å². The SMILES string of the molecule is NC1(CNC(=O)c2cc3c(=O)[nH]ccn3n2)CCN(Cc2ccccc2)CC1. The van der Waals surface area contributed by atoms with E-state index in [0.717, 1.165) is 32.5 Å². The molecular weight excluding hydrogens is 356 g/mol. The molecule has 28 heavy (non-hydrogen) atoms. The summed E-state index contributed by atoms with van der Waals surface area (Å²) < 4.78 is 1.40. The van der Waals surface area contributed by atoms with Crippen LogP contribution in [0.25, 0.3) is 5.52 Å². The van der Waals surface area contributed by atoms with Crippen molar-refractivity contribution in [1.82, 2.24) is 24.8 Å².